The van der Waals surface area contributed by atoms with E-state index in [2.05, 4.69) is 44.5 Å². The smallest absolute Gasteiger partial charge is 0.241 e. The maximum atomic E-state index is 13.0. The molecule has 2 N–H and O–H groups in total. The van der Waals surface area contributed by atoms with Crippen molar-refractivity contribution in [1.82, 2.24) is 19.4 Å². The van der Waals surface area contributed by atoms with Crippen molar-refractivity contribution in [3.8, 4) is 11.3 Å². The summed E-state index contributed by atoms with van der Waals surface area (Å²) in [5, 5.41) is 4.31. The molecular weight excluding hydrogens is 374 g/mol. The van der Waals surface area contributed by atoms with Crippen LogP contribution < -0.4 is 5.32 Å². The van der Waals surface area contributed by atoms with E-state index >= 15 is 0 Å². The summed E-state index contributed by atoms with van der Waals surface area (Å²) >= 11 is 0. The number of aromatic amines is 1. The van der Waals surface area contributed by atoms with E-state index in [1.807, 2.05) is 48.1 Å². The van der Waals surface area contributed by atoms with E-state index in [4.69, 9.17) is 0 Å². The molecule has 1 aliphatic heterocycles. The van der Waals surface area contributed by atoms with Gasteiger partial charge in [-0.15, -0.1) is 0 Å². The summed E-state index contributed by atoms with van der Waals surface area (Å²) in [6.07, 6.45) is 5.64. The molecule has 1 atom stereocenters. The molecule has 1 amide bonds. The molecule has 5 rings (SSSR count). The van der Waals surface area contributed by atoms with E-state index in [-0.39, 0.29) is 11.9 Å². The molecule has 0 spiro atoms. The van der Waals surface area contributed by atoms with Crippen LogP contribution in [0.4, 0.5) is 5.69 Å². The fraction of sp³-hybridized carbons (Fsp3) is 0.250. The van der Waals surface area contributed by atoms with Crippen LogP contribution in [0.25, 0.3) is 22.2 Å². The molecule has 6 heteroatoms. The lowest BCUT2D eigenvalue weighted by molar-refractivity contribution is -0.120. The molecule has 0 saturated carbocycles. The topological polar surface area (TPSA) is 66.0 Å². The minimum Gasteiger partial charge on any atom is -0.355 e. The molecule has 30 heavy (non-hydrogen) atoms. The molecule has 2 aromatic heterocycles. The molecule has 3 heterocycles. The van der Waals surface area contributed by atoms with Crippen molar-refractivity contribution in [3.63, 3.8) is 0 Å². The van der Waals surface area contributed by atoms with Crippen molar-refractivity contribution in [2.24, 2.45) is 7.05 Å². The zero-order chi connectivity index (χ0) is 20.5. The summed E-state index contributed by atoms with van der Waals surface area (Å²) in [4.78, 5) is 23.1. The summed E-state index contributed by atoms with van der Waals surface area (Å²) in [5.74, 6) is 1.03. The summed E-state index contributed by atoms with van der Waals surface area (Å²) < 4.78 is 2.01. The zero-order valence-electron chi connectivity index (χ0n) is 17.0. The third-order valence-corrected chi connectivity index (χ3v) is 5.90. The maximum Gasteiger partial charge on any atom is 0.241 e. The third kappa shape index (κ3) is 3.62. The number of H-pyrrole nitrogens is 1. The van der Waals surface area contributed by atoms with Gasteiger partial charge in [0.2, 0.25) is 5.91 Å². The Bertz CT molecular complexity index is 1160. The lowest BCUT2D eigenvalue weighted by Crippen LogP contribution is -2.39. The van der Waals surface area contributed by atoms with E-state index < -0.39 is 0 Å². The van der Waals surface area contributed by atoms with Gasteiger partial charge >= 0.3 is 0 Å². The standard InChI is InChI=1S/C24H25N5O/c1-28-13-11-25-23(28)16-29-12-5-10-22(29)24(30)26-19-8-4-7-17(14-19)21-15-18-6-2-3-9-20(18)27-21/h2-4,6-9,11,13-15,22,27H,5,10,12,16H2,1H3,(H,26,30)/t22-/m0/s1. The molecule has 0 bridgehead atoms. The highest BCUT2D eigenvalue weighted by Gasteiger charge is 2.31. The molecule has 1 aliphatic rings. The molecule has 1 saturated heterocycles. The Hall–Kier alpha value is -3.38. The molecule has 2 aromatic carbocycles. The van der Waals surface area contributed by atoms with Gasteiger partial charge in [0.25, 0.3) is 0 Å². The number of carbonyl (C=O) groups is 1. The van der Waals surface area contributed by atoms with Crippen LogP contribution >= 0.6 is 0 Å². The van der Waals surface area contributed by atoms with Gasteiger partial charge < -0.3 is 14.9 Å². The van der Waals surface area contributed by atoms with Crippen LogP contribution in [0.3, 0.4) is 0 Å². The number of aryl methyl sites for hydroxylation is 1. The second-order valence-corrected chi connectivity index (χ2v) is 7.92. The Balaban J connectivity index is 1.32. The fourth-order valence-corrected chi connectivity index (χ4v) is 4.26. The monoisotopic (exact) mass is 399 g/mol. The maximum absolute atomic E-state index is 13.0. The molecule has 6 nitrogen and oxygen atoms in total. The quantitative estimate of drug-likeness (QED) is 0.529. The van der Waals surface area contributed by atoms with Gasteiger partial charge in [-0.1, -0.05) is 30.3 Å². The third-order valence-electron chi connectivity index (χ3n) is 5.90. The van der Waals surface area contributed by atoms with Crippen molar-refractivity contribution < 1.29 is 4.79 Å². The number of hydrogen-bond donors (Lipinski definition) is 2. The number of benzene rings is 2. The first-order valence-electron chi connectivity index (χ1n) is 10.4. The molecule has 0 unspecified atom stereocenters. The van der Waals surface area contributed by atoms with Crippen molar-refractivity contribution in [2.45, 2.75) is 25.4 Å². The number of aromatic nitrogens is 3. The van der Waals surface area contributed by atoms with E-state index in [9.17, 15) is 4.79 Å². The number of imidazole rings is 1. The summed E-state index contributed by atoms with van der Waals surface area (Å²) in [6.45, 7) is 1.61. The van der Waals surface area contributed by atoms with Crippen molar-refractivity contribution in [1.29, 1.82) is 0 Å². The molecule has 1 fully saturated rings. The van der Waals surface area contributed by atoms with Gasteiger partial charge in [0.1, 0.15) is 5.82 Å². The van der Waals surface area contributed by atoms with Crippen LogP contribution in [0.15, 0.2) is 67.0 Å². The van der Waals surface area contributed by atoms with Gasteiger partial charge in [0.15, 0.2) is 0 Å². The van der Waals surface area contributed by atoms with Gasteiger partial charge in [0.05, 0.1) is 12.6 Å². The first-order valence-corrected chi connectivity index (χ1v) is 10.4. The normalized spacial score (nSPS) is 16.9. The number of fused-ring (bicyclic) bond motifs is 1. The van der Waals surface area contributed by atoms with Gasteiger partial charge in [0, 0.05) is 47.3 Å². The van der Waals surface area contributed by atoms with Crippen molar-refractivity contribution >= 4 is 22.5 Å². The van der Waals surface area contributed by atoms with Crippen LogP contribution in [-0.4, -0.2) is 37.9 Å². The van der Waals surface area contributed by atoms with Crippen LogP contribution in [-0.2, 0) is 18.4 Å². The Morgan fingerprint density at radius 1 is 1.20 bits per heavy atom. The minimum absolute atomic E-state index is 0.0514. The molecule has 4 aromatic rings. The predicted octanol–water partition coefficient (Wildman–Crippen LogP) is 4.17. The highest BCUT2D eigenvalue weighted by Crippen LogP contribution is 2.27. The number of likely N-dealkylation sites (tertiary alicyclic amines) is 1. The summed E-state index contributed by atoms with van der Waals surface area (Å²) in [5.41, 5.74) is 4.03. The second-order valence-electron chi connectivity index (χ2n) is 7.92. The molecule has 0 aliphatic carbocycles. The van der Waals surface area contributed by atoms with E-state index in [0.29, 0.717) is 6.54 Å². The number of para-hydroxylation sites is 1. The number of amides is 1. The van der Waals surface area contributed by atoms with Gasteiger partial charge in [-0.3, -0.25) is 9.69 Å². The zero-order valence-corrected chi connectivity index (χ0v) is 17.0. The first kappa shape index (κ1) is 18.6. The lowest BCUT2D eigenvalue weighted by atomic mass is 10.1. The van der Waals surface area contributed by atoms with Gasteiger partial charge in [-0.05, 0) is 43.7 Å². The number of hydrogen-bond acceptors (Lipinski definition) is 3. The average Bonchev–Trinajstić information content (AvgIpc) is 3.48. The number of carbonyl (C=O) groups excluding carboxylic acids is 1. The van der Waals surface area contributed by atoms with E-state index in [0.717, 1.165) is 47.7 Å². The van der Waals surface area contributed by atoms with Crippen LogP contribution in [0.1, 0.15) is 18.7 Å². The van der Waals surface area contributed by atoms with Crippen molar-refractivity contribution in [2.75, 3.05) is 11.9 Å². The molecule has 0 radical (unpaired) electrons. The largest absolute Gasteiger partial charge is 0.355 e. The van der Waals surface area contributed by atoms with Crippen LogP contribution in [0.5, 0.6) is 0 Å². The van der Waals surface area contributed by atoms with Gasteiger partial charge in [-0.25, -0.2) is 4.98 Å². The fourth-order valence-electron chi connectivity index (χ4n) is 4.26. The number of nitrogens with one attached hydrogen (secondary N) is 2. The Labute approximate surface area is 175 Å². The van der Waals surface area contributed by atoms with Crippen molar-refractivity contribution in [3.05, 3.63) is 72.8 Å². The minimum atomic E-state index is -0.126. The van der Waals surface area contributed by atoms with Crippen LogP contribution in [0.2, 0.25) is 0 Å². The summed E-state index contributed by atoms with van der Waals surface area (Å²) in [7, 11) is 1.99. The number of nitrogens with zero attached hydrogens (tertiary/aromatic N) is 3. The SMILES string of the molecule is Cn1ccnc1CN1CCC[C@H]1C(=O)Nc1cccc(-c2cc3ccccc3[nH]2)c1. The Morgan fingerprint density at radius 2 is 2.10 bits per heavy atom. The highest BCUT2D eigenvalue weighted by molar-refractivity contribution is 5.96. The molecular formula is C24H25N5O. The average molecular weight is 399 g/mol. The lowest BCUT2D eigenvalue weighted by Gasteiger charge is -2.23. The Kier molecular flexibility index (Phi) is 4.85. The predicted molar refractivity (Wildman–Crippen MR) is 119 cm³/mol. The number of rotatable bonds is 5. The molecule has 152 valence electrons. The first-order chi connectivity index (χ1) is 14.7. The van der Waals surface area contributed by atoms with Crippen LogP contribution in [0, 0.1) is 0 Å². The number of anilines is 1. The van der Waals surface area contributed by atoms with Gasteiger partial charge in [-0.2, -0.15) is 0 Å². The highest BCUT2D eigenvalue weighted by atomic mass is 16.2. The summed E-state index contributed by atoms with van der Waals surface area (Å²) in [6, 6.07) is 18.3. The van der Waals surface area contributed by atoms with E-state index in [1.54, 1.807) is 6.20 Å². The Morgan fingerprint density at radius 3 is 2.93 bits per heavy atom. The van der Waals surface area contributed by atoms with E-state index in [1.165, 1.54) is 5.39 Å². The second kappa shape index (κ2) is 7.80.